The SMILES string of the molecule is COc1ccc([C@H](C)[NH2+]CC(=O)NC(=O)NCCC(C)C)cc1Br. The number of carbonyl (C=O) groups excluding carboxylic acids is 2. The standard InChI is InChI=1S/C17H26BrN3O3/c1-11(2)7-8-19-17(23)21-16(22)10-20-12(3)13-5-6-15(24-4)14(18)9-13/h5-6,9,11-12,20H,7-8,10H2,1-4H3,(H2,19,21,22,23)/p+1/t12-/m0/s1. The number of quaternary nitrogens is 1. The zero-order chi connectivity index (χ0) is 18.1. The van der Waals surface area contributed by atoms with Crippen molar-refractivity contribution in [3.8, 4) is 5.75 Å². The number of halogens is 1. The molecule has 0 spiro atoms. The van der Waals surface area contributed by atoms with Crippen LogP contribution in [0.3, 0.4) is 0 Å². The van der Waals surface area contributed by atoms with Crippen molar-refractivity contribution in [3.63, 3.8) is 0 Å². The maximum absolute atomic E-state index is 11.8. The number of hydrogen-bond acceptors (Lipinski definition) is 3. The van der Waals surface area contributed by atoms with Crippen LogP contribution in [0.5, 0.6) is 5.75 Å². The largest absolute Gasteiger partial charge is 0.496 e. The van der Waals surface area contributed by atoms with Gasteiger partial charge in [0, 0.05) is 12.1 Å². The van der Waals surface area contributed by atoms with Gasteiger partial charge in [-0.25, -0.2) is 4.79 Å². The van der Waals surface area contributed by atoms with Gasteiger partial charge in [0.2, 0.25) is 0 Å². The van der Waals surface area contributed by atoms with E-state index in [0.717, 1.165) is 22.2 Å². The van der Waals surface area contributed by atoms with Gasteiger partial charge < -0.3 is 15.4 Å². The van der Waals surface area contributed by atoms with Crippen LogP contribution in [-0.2, 0) is 4.79 Å². The van der Waals surface area contributed by atoms with E-state index in [1.807, 2.05) is 30.4 Å². The summed E-state index contributed by atoms with van der Waals surface area (Å²) in [5.41, 5.74) is 1.07. The quantitative estimate of drug-likeness (QED) is 0.623. The lowest BCUT2D eigenvalue weighted by Gasteiger charge is -2.13. The maximum Gasteiger partial charge on any atom is 0.321 e. The number of urea groups is 1. The van der Waals surface area contributed by atoms with E-state index in [-0.39, 0.29) is 18.5 Å². The second kappa shape index (κ2) is 10.3. The second-order valence-corrected chi connectivity index (χ2v) is 6.96. The lowest BCUT2D eigenvalue weighted by Crippen LogP contribution is -2.87. The number of amides is 3. The molecule has 3 amide bonds. The highest BCUT2D eigenvalue weighted by molar-refractivity contribution is 9.10. The van der Waals surface area contributed by atoms with Crippen molar-refractivity contribution in [2.75, 3.05) is 20.2 Å². The van der Waals surface area contributed by atoms with Crippen molar-refractivity contribution < 1.29 is 19.6 Å². The summed E-state index contributed by atoms with van der Waals surface area (Å²) in [6, 6.07) is 5.46. The van der Waals surface area contributed by atoms with E-state index in [0.29, 0.717) is 12.5 Å². The van der Waals surface area contributed by atoms with Gasteiger partial charge in [-0.1, -0.05) is 13.8 Å². The molecule has 24 heavy (non-hydrogen) atoms. The summed E-state index contributed by atoms with van der Waals surface area (Å²) in [6.45, 7) is 6.92. The minimum absolute atomic E-state index is 0.0851. The predicted molar refractivity (Wildman–Crippen MR) is 96.9 cm³/mol. The van der Waals surface area contributed by atoms with Gasteiger partial charge in [-0.15, -0.1) is 0 Å². The molecular formula is C17H27BrN3O3+. The van der Waals surface area contributed by atoms with Gasteiger partial charge in [0.25, 0.3) is 5.91 Å². The van der Waals surface area contributed by atoms with Crippen LogP contribution in [0, 0.1) is 5.92 Å². The molecule has 7 heteroatoms. The Morgan fingerprint density at radius 3 is 2.58 bits per heavy atom. The molecular weight excluding hydrogens is 374 g/mol. The first kappa shape index (κ1) is 20.4. The number of imide groups is 1. The number of rotatable bonds is 8. The van der Waals surface area contributed by atoms with Crippen LogP contribution in [0.15, 0.2) is 22.7 Å². The molecule has 1 atom stereocenters. The Morgan fingerprint density at radius 1 is 1.29 bits per heavy atom. The third-order valence-corrected chi connectivity index (χ3v) is 4.24. The average molecular weight is 401 g/mol. The van der Waals surface area contributed by atoms with Crippen LogP contribution in [0.2, 0.25) is 0 Å². The number of benzene rings is 1. The zero-order valence-electron chi connectivity index (χ0n) is 14.7. The first-order valence-corrected chi connectivity index (χ1v) is 8.87. The molecule has 0 aliphatic rings. The molecule has 6 nitrogen and oxygen atoms in total. The highest BCUT2D eigenvalue weighted by Crippen LogP contribution is 2.26. The number of hydrogen-bond donors (Lipinski definition) is 3. The van der Waals surface area contributed by atoms with Gasteiger partial charge >= 0.3 is 6.03 Å². The Labute approximate surface area is 151 Å². The fourth-order valence-corrected chi connectivity index (χ4v) is 2.64. The Morgan fingerprint density at radius 2 is 2.00 bits per heavy atom. The Hall–Kier alpha value is -1.60. The van der Waals surface area contributed by atoms with Crippen molar-refractivity contribution in [2.24, 2.45) is 5.92 Å². The van der Waals surface area contributed by atoms with E-state index in [1.54, 1.807) is 7.11 Å². The van der Waals surface area contributed by atoms with Crippen LogP contribution in [0.25, 0.3) is 0 Å². The van der Waals surface area contributed by atoms with Crippen LogP contribution >= 0.6 is 15.9 Å². The molecule has 0 radical (unpaired) electrons. The van der Waals surface area contributed by atoms with Crippen molar-refractivity contribution in [2.45, 2.75) is 33.2 Å². The van der Waals surface area contributed by atoms with Gasteiger partial charge in [-0.05, 0) is 53.4 Å². The molecule has 4 N–H and O–H groups in total. The number of carbonyl (C=O) groups is 2. The summed E-state index contributed by atoms with van der Waals surface area (Å²) in [4.78, 5) is 23.4. The molecule has 0 heterocycles. The van der Waals surface area contributed by atoms with Crippen molar-refractivity contribution in [3.05, 3.63) is 28.2 Å². The van der Waals surface area contributed by atoms with Crippen LogP contribution < -0.4 is 20.7 Å². The highest BCUT2D eigenvalue weighted by Gasteiger charge is 2.14. The van der Waals surface area contributed by atoms with Crippen LogP contribution in [0.1, 0.15) is 38.8 Å². The molecule has 0 aromatic heterocycles. The van der Waals surface area contributed by atoms with Crippen LogP contribution in [-0.4, -0.2) is 32.1 Å². The Kier molecular flexibility index (Phi) is 8.78. The monoisotopic (exact) mass is 400 g/mol. The molecule has 0 bridgehead atoms. The average Bonchev–Trinajstić information content (AvgIpc) is 2.52. The minimum Gasteiger partial charge on any atom is -0.496 e. The van der Waals surface area contributed by atoms with Crippen molar-refractivity contribution in [1.82, 2.24) is 10.6 Å². The maximum atomic E-state index is 11.8. The normalized spacial score (nSPS) is 11.9. The summed E-state index contributed by atoms with van der Waals surface area (Å²) in [7, 11) is 1.62. The topological polar surface area (TPSA) is 84.0 Å². The first-order chi connectivity index (χ1) is 11.3. The molecule has 0 fully saturated rings. The van der Waals surface area contributed by atoms with Gasteiger partial charge in [-0.3, -0.25) is 10.1 Å². The lowest BCUT2D eigenvalue weighted by molar-refractivity contribution is -0.682. The first-order valence-electron chi connectivity index (χ1n) is 8.08. The van der Waals surface area contributed by atoms with E-state index < -0.39 is 6.03 Å². The zero-order valence-corrected chi connectivity index (χ0v) is 16.3. The molecule has 1 aromatic carbocycles. The van der Waals surface area contributed by atoms with Gasteiger partial charge in [0.1, 0.15) is 11.8 Å². The van der Waals surface area contributed by atoms with Gasteiger partial charge in [-0.2, -0.15) is 0 Å². The van der Waals surface area contributed by atoms with Crippen LogP contribution in [0.4, 0.5) is 4.79 Å². The van der Waals surface area contributed by atoms with E-state index in [2.05, 4.69) is 40.4 Å². The Bertz CT molecular complexity index is 564. The molecule has 134 valence electrons. The van der Waals surface area contributed by atoms with Crippen molar-refractivity contribution in [1.29, 1.82) is 0 Å². The predicted octanol–water partition coefficient (Wildman–Crippen LogP) is 1.95. The smallest absolute Gasteiger partial charge is 0.321 e. The highest BCUT2D eigenvalue weighted by atomic mass is 79.9. The third kappa shape index (κ3) is 7.31. The number of nitrogens with two attached hydrogens (primary N) is 1. The molecule has 1 aromatic rings. The van der Waals surface area contributed by atoms with Crippen molar-refractivity contribution >= 4 is 27.9 Å². The summed E-state index contributed by atoms with van der Waals surface area (Å²) in [6.07, 6.45) is 0.886. The number of nitrogens with one attached hydrogen (secondary N) is 2. The minimum atomic E-state index is -0.436. The van der Waals surface area contributed by atoms with E-state index in [1.165, 1.54) is 0 Å². The molecule has 1 rings (SSSR count). The fourth-order valence-electron chi connectivity index (χ4n) is 2.08. The molecule has 0 saturated heterocycles. The number of methoxy groups -OCH3 is 1. The third-order valence-electron chi connectivity index (χ3n) is 3.62. The summed E-state index contributed by atoms with van der Waals surface area (Å²) < 4.78 is 6.07. The molecule has 0 aliphatic carbocycles. The lowest BCUT2D eigenvalue weighted by atomic mass is 10.1. The van der Waals surface area contributed by atoms with E-state index in [9.17, 15) is 9.59 Å². The second-order valence-electron chi connectivity index (χ2n) is 6.11. The molecule has 0 saturated carbocycles. The summed E-state index contributed by atoms with van der Waals surface area (Å²) in [5.74, 6) is 0.970. The van der Waals surface area contributed by atoms with E-state index >= 15 is 0 Å². The summed E-state index contributed by atoms with van der Waals surface area (Å²) >= 11 is 3.45. The molecule has 0 unspecified atom stereocenters. The molecule has 0 aliphatic heterocycles. The fraction of sp³-hybridized carbons (Fsp3) is 0.529. The summed E-state index contributed by atoms with van der Waals surface area (Å²) in [5, 5.41) is 6.90. The number of ether oxygens (including phenoxy) is 1. The van der Waals surface area contributed by atoms with Gasteiger partial charge in [0.15, 0.2) is 6.54 Å². The van der Waals surface area contributed by atoms with E-state index in [4.69, 9.17) is 4.74 Å². The van der Waals surface area contributed by atoms with Gasteiger partial charge in [0.05, 0.1) is 11.6 Å². The Balaban J connectivity index is 2.38.